The molecule has 2 aromatic rings. The van der Waals surface area contributed by atoms with E-state index in [2.05, 4.69) is 12.7 Å². The van der Waals surface area contributed by atoms with Gasteiger partial charge in [0.1, 0.15) is 11.6 Å². The lowest BCUT2D eigenvalue weighted by molar-refractivity contribution is 0.220. The molecule has 2 fully saturated rings. The highest BCUT2D eigenvalue weighted by Crippen LogP contribution is 2.45. The van der Waals surface area contributed by atoms with Crippen molar-refractivity contribution in [3.05, 3.63) is 89.0 Å². The Labute approximate surface area is 212 Å². The van der Waals surface area contributed by atoms with Crippen molar-refractivity contribution >= 4 is 5.57 Å². The van der Waals surface area contributed by atoms with E-state index in [1.807, 2.05) is 6.08 Å². The number of halogens is 4. The molecule has 0 aliphatic heterocycles. The van der Waals surface area contributed by atoms with Crippen LogP contribution in [0.3, 0.4) is 0 Å². The van der Waals surface area contributed by atoms with Gasteiger partial charge in [0.15, 0.2) is 11.6 Å². The Morgan fingerprint density at radius 1 is 0.639 bits per heavy atom. The van der Waals surface area contributed by atoms with E-state index in [9.17, 15) is 8.78 Å². The summed E-state index contributed by atoms with van der Waals surface area (Å²) in [4.78, 5) is 0. The molecule has 3 aliphatic carbocycles. The molecule has 1 atom stereocenters. The van der Waals surface area contributed by atoms with Gasteiger partial charge in [0, 0.05) is 5.56 Å². The Kier molecular flexibility index (Phi) is 7.69. The van der Waals surface area contributed by atoms with Crippen molar-refractivity contribution in [3.63, 3.8) is 0 Å². The van der Waals surface area contributed by atoms with Gasteiger partial charge in [0.25, 0.3) is 0 Å². The fourth-order valence-corrected chi connectivity index (χ4v) is 7.02. The van der Waals surface area contributed by atoms with Crippen molar-refractivity contribution in [3.8, 4) is 0 Å². The molecular formula is C32H36F4. The van der Waals surface area contributed by atoms with Crippen LogP contribution < -0.4 is 0 Å². The van der Waals surface area contributed by atoms with Crippen molar-refractivity contribution < 1.29 is 17.6 Å². The first kappa shape index (κ1) is 25.3. The average molecular weight is 497 g/mol. The van der Waals surface area contributed by atoms with E-state index < -0.39 is 23.3 Å². The van der Waals surface area contributed by atoms with Crippen molar-refractivity contribution in [2.75, 3.05) is 0 Å². The summed E-state index contributed by atoms with van der Waals surface area (Å²) in [5.74, 6) is -0.290. The average Bonchev–Trinajstić information content (AvgIpc) is 2.90. The fourth-order valence-electron chi connectivity index (χ4n) is 7.02. The zero-order valence-electron chi connectivity index (χ0n) is 20.9. The smallest absolute Gasteiger partial charge is 0.159 e. The Morgan fingerprint density at radius 2 is 1.25 bits per heavy atom. The maximum Gasteiger partial charge on any atom is 0.159 e. The Morgan fingerprint density at radius 3 is 1.83 bits per heavy atom. The van der Waals surface area contributed by atoms with Crippen molar-refractivity contribution in [2.24, 2.45) is 17.8 Å². The van der Waals surface area contributed by atoms with Crippen molar-refractivity contribution in [2.45, 2.75) is 82.5 Å². The normalized spacial score (nSPS) is 29.0. The van der Waals surface area contributed by atoms with Crippen LogP contribution in [0.5, 0.6) is 0 Å². The Balaban J connectivity index is 1.20. The van der Waals surface area contributed by atoms with Crippen molar-refractivity contribution in [1.29, 1.82) is 0 Å². The molecule has 0 radical (unpaired) electrons. The van der Waals surface area contributed by atoms with Crippen LogP contribution in [0.15, 0.2) is 49.1 Å². The van der Waals surface area contributed by atoms with Gasteiger partial charge in [-0.05, 0) is 141 Å². The molecule has 5 rings (SSSR count). The molecule has 0 spiro atoms. The van der Waals surface area contributed by atoms with Crippen LogP contribution in [0.4, 0.5) is 17.6 Å². The predicted octanol–water partition coefficient (Wildman–Crippen LogP) is 9.86. The van der Waals surface area contributed by atoms with E-state index in [-0.39, 0.29) is 17.4 Å². The lowest BCUT2D eigenvalue weighted by Gasteiger charge is -2.36. The molecule has 2 aromatic carbocycles. The summed E-state index contributed by atoms with van der Waals surface area (Å²) in [6, 6.07) is 7.42. The Bertz CT molecular complexity index is 1090. The van der Waals surface area contributed by atoms with Gasteiger partial charge in [-0.3, -0.25) is 0 Å². The number of benzene rings is 2. The second kappa shape index (κ2) is 10.9. The monoisotopic (exact) mass is 496 g/mol. The van der Waals surface area contributed by atoms with Crippen LogP contribution in [0, 0.1) is 41.0 Å². The highest BCUT2D eigenvalue weighted by atomic mass is 19.2. The van der Waals surface area contributed by atoms with Gasteiger partial charge in [-0.25, -0.2) is 17.6 Å². The molecule has 0 amide bonds. The van der Waals surface area contributed by atoms with E-state index in [4.69, 9.17) is 0 Å². The molecule has 0 aromatic heterocycles. The summed E-state index contributed by atoms with van der Waals surface area (Å²) in [6.45, 7) is 3.88. The largest absolute Gasteiger partial charge is 0.206 e. The third-order valence-electron chi connectivity index (χ3n) is 9.27. The van der Waals surface area contributed by atoms with Gasteiger partial charge in [-0.2, -0.15) is 0 Å². The fraction of sp³-hybridized carbons (Fsp3) is 0.500. The summed E-state index contributed by atoms with van der Waals surface area (Å²) in [5, 5.41) is 0. The quantitative estimate of drug-likeness (QED) is 0.285. The summed E-state index contributed by atoms with van der Waals surface area (Å²) in [6.07, 6.45) is 14.6. The van der Waals surface area contributed by atoms with Crippen LogP contribution >= 0.6 is 0 Å². The maximum atomic E-state index is 15.2. The number of hydrogen-bond donors (Lipinski definition) is 0. The van der Waals surface area contributed by atoms with Crippen molar-refractivity contribution in [1.82, 2.24) is 0 Å². The van der Waals surface area contributed by atoms with Crippen LogP contribution in [0.25, 0.3) is 5.57 Å². The van der Waals surface area contributed by atoms with Gasteiger partial charge < -0.3 is 0 Å². The highest BCUT2D eigenvalue weighted by molar-refractivity contribution is 5.67. The molecule has 3 aliphatic rings. The van der Waals surface area contributed by atoms with Crippen LogP contribution in [-0.4, -0.2) is 0 Å². The molecule has 36 heavy (non-hydrogen) atoms. The molecular weight excluding hydrogens is 460 g/mol. The zero-order chi connectivity index (χ0) is 25.2. The lowest BCUT2D eigenvalue weighted by atomic mass is 9.70. The maximum absolute atomic E-state index is 15.2. The minimum absolute atomic E-state index is 0.166. The van der Waals surface area contributed by atoms with Gasteiger partial charge in [-0.15, -0.1) is 6.58 Å². The topological polar surface area (TPSA) is 0 Å². The van der Waals surface area contributed by atoms with E-state index >= 15 is 8.78 Å². The van der Waals surface area contributed by atoms with Gasteiger partial charge in [0.05, 0.1) is 0 Å². The minimum Gasteiger partial charge on any atom is -0.206 e. The first-order chi connectivity index (χ1) is 17.4. The third kappa shape index (κ3) is 5.33. The molecule has 0 bridgehead atoms. The molecule has 192 valence electrons. The lowest BCUT2D eigenvalue weighted by Crippen LogP contribution is -2.23. The van der Waals surface area contributed by atoms with E-state index in [0.717, 1.165) is 80.9 Å². The van der Waals surface area contributed by atoms with Gasteiger partial charge >= 0.3 is 0 Å². The standard InChI is InChI=1S/C32H36F4/c1-2-20-3-5-24(6-4-20)27-18-30(35)32(31(36)19-27)25-13-11-22(12-14-25)21-7-9-23(10-8-21)26-15-16-28(33)29(34)17-26/h2,13,15-24H,1,3-12,14H2. The second-order valence-electron chi connectivity index (χ2n) is 11.3. The molecule has 0 heterocycles. The summed E-state index contributed by atoms with van der Waals surface area (Å²) < 4.78 is 57.2. The highest BCUT2D eigenvalue weighted by Gasteiger charge is 2.31. The van der Waals surface area contributed by atoms with Crippen LogP contribution in [0.2, 0.25) is 0 Å². The number of allylic oxidation sites excluding steroid dienone is 3. The van der Waals surface area contributed by atoms with E-state index in [1.165, 1.54) is 12.1 Å². The van der Waals surface area contributed by atoms with E-state index in [0.29, 0.717) is 24.2 Å². The predicted molar refractivity (Wildman–Crippen MR) is 138 cm³/mol. The van der Waals surface area contributed by atoms with Crippen LogP contribution in [-0.2, 0) is 0 Å². The Hall–Kier alpha value is -2.36. The second-order valence-corrected chi connectivity index (χ2v) is 11.3. The molecule has 1 unspecified atom stereocenters. The molecule has 0 N–H and O–H groups in total. The summed E-state index contributed by atoms with van der Waals surface area (Å²) in [5.41, 5.74) is 2.65. The number of rotatable bonds is 5. The molecule has 0 nitrogen and oxygen atoms in total. The summed E-state index contributed by atoms with van der Waals surface area (Å²) >= 11 is 0. The first-order valence-electron chi connectivity index (χ1n) is 13.7. The molecule has 0 saturated heterocycles. The molecule has 4 heteroatoms. The van der Waals surface area contributed by atoms with Crippen LogP contribution in [0.1, 0.15) is 99.2 Å². The van der Waals surface area contributed by atoms with E-state index in [1.54, 1.807) is 18.2 Å². The zero-order valence-corrected chi connectivity index (χ0v) is 20.9. The minimum atomic E-state index is -0.796. The number of hydrogen-bond acceptors (Lipinski definition) is 0. The third-order valence-corrected chi connectivity index (χ3v) is 9.27. The first-order valence-corrected chi connectivity index (χ1v) is 13.7. The summed E-state index contributed by atoms with van der Waals surface area (Å²) in [7, 11) is 0. The SMILES string of the molecule is C=CC1CCC(c2cc(F)c(C3=CCC(C4CCC(c5ccc(F)c(F)c5)CC4)CC3)c(F)c2)CC1. The van der Waals surface area contributed by atoms with Gasteiger partial charge in [0.2, 0.25) is 0 Å². The molecule has 2 saturated carbocycles. The van der Waals surface area contributed by atoms with Gasteiger partial charge in [-0.1, -0.05) is 18.2 Å².